The van der Waals surface area contributed by atoms with E-state index in [4.69, 9.17) is 0 Å². The van der Waals surface area contributed by atoms with Crippen molar-refractivity contribution in [2.75, 3.05) is 6.67 Å². The number of alkyl halides is 1. The SMILES string of the molecule is FCCC1=CC[CH]C1. The Labute approximate surface area is 49.4 Å². The summed E-state index contributed by atoms with van der Waals surface area (Å²) in [4.78, 5) is 0. The molecule has 0 aromatic rings. The molecule has 0 nitrogen and oxygen atoms in total. The lowest BCUT2D eigenvalue weighted by molar-refractivity contribution is 0.492. The molecule has 0 spiro atoms. The normalized spacial score (nSPS) is 18.9. The van der Waals surface area contributed by atoms with Gasteiger partial charge in [0.25, 0.3) is 0 Å². The zero-order valence-corrected chi connectivity index (χ0v) is 4.86. The molecular weight excluding hydrogens is 103 g/mol. The Hall–Kier alpha value is -0.330. The van der Waals surface area contributed by atoms with Crippen LogP contribution < -0.4 is 0 Å². The van der Waals surface area contributed by atoms with Crippen molar-refractivity contribution < 1.29 is 4.39 Å². The number of hydrogen-bond acceptors (Lipinski definition) is 0. The minimum Gasteiger partial charge on any atom is -0.251 e. The molecule has 1 aliphatic carbocycles. The second-order valence-electron chi connectivity index (χ2n) is 2.03. The van der Waals surface area contributed by atoms with Gasteiger partial charge in [0, 0.05) is 0 Å². The van der Waals surface area contributed by atoms with Crippen LogP contribution in [-0.2, 0) is 0 Å². The quantitative estimate of drug-likeness (QED) is 0.482. The molecule has 0 saturated carbocycles. The lowest BCUT2D eigenvalue weighted by Gasteiger charge is -1.91. The molecule has 45 valence electrons. The second kappa shape index (κ2) is 2.85. The number of allylic oxidation sites excluding steroid dienone is 2. The summed E-state index contributed by atoms with van der Waals surface area (Å²) >= 11 is 0. The molecule has 1 heteroatoms. The van der Waals surface area contributed by atoms with Gasteiger partial charge in [-0.25, -0.2) is 0 Å². The van der Waals surface area contributed by atoms with Gasteiger partial charge in [0.2, 0.25) is 0 Å². The third kappa shape index (κ3) is 1.32. The van der Waals surface area contributed by atoms with E-state index in [2.05, 4.69) is 12.5 Å². The van der Waals surface area contributed by atoms with Gasteiger partial charge in [-0.3, -0.25) is 4.39 Å². The molecule has 0 bridgehead atoms. The van der Waals surface area contributed by atoms with E-state index in [1.165, 1.54) is 5.57 Å². The summed E-state index contributed by atoms with van der Waals surface area (Å²) in [6.07, 6.45) is 7.00. The first kappa shape index (κ1) is 5.80. The largest absolute Gasteiger partial charge is 0.251 e. The summed E-state index contributed by atoms with van der Waals surface area (Å²) in [5.41, 5.74) is 1.27. The summed E-state index contributed by atoms with van der Waals surface area (Å²) < 4.78 is 11.6. The summed E-state index contributed by atoms with van der Waals surface area (Å²) in [6.45, 7) is -0.195. The van der Waals surface area contributed by atoms with Crippen molar-refractivity contribution in [3.05, 3.63) is 18.1 Å². The first-order valence-corrected chi connectivity index (χ1v) is 2.99. The van der Waals surface area contributed by atoms with Crippen molar-refractivity contribution in [3.8, 4) is 0 Å². The van der Waals surface area contributed by atoms with Crippen molar-refractivity contribution in [1.29, 1.82) is 0 Å². The van der Waals surface area contributed by atoms with Crippen LogP contribution in [0.4, 0.5) is 4.39 Å². The smallest absolute Gasteiger partial charge is 0.0931 e. The molecule has 0 aromatic carbocycles. The molecular formula is C7H10F. The van der Waals surface area contributed by atoms with Crippen molar-refractivity contribution in [2.24, 2.45) is 0 Å². The van der Waals surface area contributed by atoms with Crippen LogP contribution in [0.5, 0.6) is 0 Å². The van der Waals surface area contributed by atoms with Crippen LogP contribution >= 0.6 is 0 Å². The van der Waals surface area contributed by atoms with Gasteiger partial charge in [0.1, 0.15) is 0 Å². The monoisotopic (exact) mass is 113 g/mol. The first-order valence-electron chi connectivity index (χ1n) is 2.99. The third-order valence-corrected chi connectivity index (χ3v) is 1.40. The lowest BCUT2D eigenvalue weighted by Crippen LogP contribution is -1.78. The maximum atomic E-state index is 11.6. The highest BCUT2D eigenvalue weighted by Crippen LogP contribution is 2.18. The van der Waals surface area contributed by atoms with Gasteiger partial charge in [-0.1, -0.05) is 11.6 Å². The van der Waals surface area contributed by atoms with Gasteiger partial charge in [0.05, 0.1) is 6.67 Å². The highest BCUT2D eigenvalue weighted by Gasteiger charge is 2.02. The average molecular weight is 113 g/mol. The van der Waals surface area contributed by atoms with E-state index in [0.717, 1.165) is 12.8 Å². The molecule has 1 rings (SSSR count). The summed E-state index contributed by atoms with van der Waals surface area (Å²) in [7, 11) is 0. The molecule has 1 aliphatic rings. The van der Waals surface area contributed by atoms with Gasteiger partial charge < -0.3 is 0 Å². The van der Waals surface area contributed by atoms with Crippen LogP contribution in [0, 0.1) is 6.42 Å². The number of halogens is 1. The van der Waals surface area contributed by atoms with Crippen molar-refractivity contribution in [1.82, 2.24) is 0 Å². The van der Waals surface area contributed by atoms with Crippen molar-refractivity contribution in [2.45, 2.75) is 19.3 Å². The van der Waals surface area contributed by atoms with Crippen LogP contribution in [0.2, 0.25) is 0 Å². The fourth-order valence-corrected chi connectivity index (χ4v) is 0.928. The second-order valence-corrected chi connectivity index (χ2v) is 2.03. The molecule has 0 aliphatic heterocycles. The average Bonchev–Trinajstić information content (AvgIpc) is 2.19. The Balaban J connectivity index is 2.23. The topological polar surface area (TPSA) is 0 Å². The Bertz CT molecular complexity index is 94.6. The Morgan fingerprint density at radius 3 is 3.00 bits per heavy atom. The van der Waals surface area contributed by atoms with Crippen LogP contribution in [0.3, 0.4) is 0 Å². The Morgan fingerprint density at radius 1 is 1.62 bits per heavy atom. The molecule has 0 aromatic heterocycles. The zero-order chi connectivity index (χ0) is 5.82. The summed E-state index contributed by atoms with van der Waals surface area (Å²) in [5.74, 6) is 0. The third-order valence-electron chi connectivity index (χ3n) is 1.40. The van der Waals surface area contributed by atoms with E-state index in [0.29, 0.717) is 6.42 Å². The van der Waals surface area contributed by atoms with Crippen LogP contribution in [-0.4, -0.2) is 6.67 Å². The highest BCUT2D eigenvalue weighted by molar-refractivity contribution is 5.13. The molecule has 0 amide bonds. The van der Waals surface area contributed by atoms with Crippen molar-refractivity contribution >= 4 is 0 Å². The fraction of sp³-hybridized carbons (Fsp3) is 0.571. The number of hydrogen-bond donors (Lipinski definition) is 0. The predicted octanol–water partition coefficient (Wildman–Crippen LogP) is 2.27. The fourth-order valence-electron chi connectivity index (χ4n) is 0.928. The van der Waals surface area contributed by atoms with Gasteiger partial charge in [-0.15, -0.1) is 0 Å². The van der Waals surface area contributed by atoms with Gasteiger partial charge in [-0.2, -0.15) is 0 Å². The molecule has 0 heterocycles. The van der Waals surface area contributed by atoms with E-state index in [1.54, 1.807) is 0 Å². The highest BCUT2D eigenvalue weighted by atomic mass is 19.1. The standard InChI is InChI=1S/C7H10F/c8-6-5-7-3-1-2-4-7/h1,4H,2-3,5-6H2. The van der Waals surface area contributed by atoms with E-state index < -0.39 is 0 Å². The van der Waals surface area contributed by atoms with Crippen LogP contribution in [0.1, 0.15) is 19.3 Å². The maximum absolute atomic E-state index is 11.6. The van der Waals surface area contributed by atoms with E-state index in [-0.39, 0.29) is 6.67 Å². The Kier molecular flexibility index (Phi) is 2.07. The van der Waals surface area contributed by atoms with Crippen LogP contribution in [0.15, 0.2) is 11.6 Å². The molecule has 0 atom stereocenters. The Morgan fingerprint density at radius 2 is 2.50 bits per heavy atom. The van der Waals surface area contributed by atoms with Gasteiger partial charge >= 0.3 is 0 Å². The van der Waals surface area contributed by atoms with Crippen molar-refractivity contribution in [3.63, 3.8) is 0 Å². The molecule has 0 N–H and O–H groups in total. The summed E-state index contributed by atoms with van der Waals surface area (Å²) in [5, 5.41) is 0. The molecule has 0 fully saturated rings. The van der Waals surface area contributed by atoms with E-state index >= 15 is 0 Å². The van der Waals surface area contributed by atoms with Crippen LogP contribution in [0.25, 0.3) is 0 Å². The van der Waals surface area contributed by atoms with Gasteiger partial charge in [-0.05, 0) is 25.7 Å². The molecule has 0 unspecified atom stereocenters. The maximum Gasteiger partial charge on any atom is 0.0931 e. The molecule has 1 radical (unpaired) electrons. The minimum atomic E-state index is -0.195. The van der Waals surface area contributed by atoms with E-state index in [1.807, 2.05) is 0 Å². The van der Waals surface area contributed by atoms with E-state index in [9.17, 15) is 4.39 Å². The first-order chi connectivity index (χ1) is 3.93. The number of rotatable bonds is 2. The predicted molar refractivity (Wildman–Crippen MR) is 32.2 cm³/mol. The molecule has 8 heavy (non-hydrogen) atoms. The molecule has 0 saturated heterocycles. The van der Waals surface area contributed by atoms with Gasteiger partial charge in [0.15, 0.2) is 0 Å². The minimum absolute atomic E-state index is 0.195. The summed E-state index contributed by atoms with van der Waals surface area (Å²) in [6, 6.07) is 0. The zero-order valence-electron chi connectivity index (χ0n) is 4.86. The lowest BCUT2D eigenvalue weighted by atomic mass is 10.2.